The van der Waals surface area contributed by atoms with E-state index in [4.69, 9.17) is 14.2 Å². The lowest BCUT2D eigenvalue weighted by molar-refractivity contribution is 0.0600. The normalized spacial score (nSPS) is 12.9. The second-order valence-corrected chi connectivity index (χ2v) is 10.5. The number of methoxy groups -OCH3 is 3. The Morgan fingerprint density at radius 2 is 1.74 bits per heavy atom. The van der Waals surface area contributed by atoms with Crippen molar-refractivity contribution in [2.75, 3.05) is 26.1 Å². The van der Waals surface area contributed by atoms with Crippen molar-refractivity contribution in [3.63, 3.8) is 0 Å². The lowest BCUT2D eigenvalue weighted by Crippen LogP contribution is -2.33. The van der Waals surface area contributed by atoms with E-state index in [2.05, 4.69) is 29.9 Å². The van der Waals surface area contributed by atoms with E-state index in [1.165, 1.54) is 38.9 Å². The summed E-state index contributed by atoms with van der Waals surface area (Å²) < 4.78 is 46.6. The zero-order valence-corrected chi connectivity index (χ0v) is 22.7. The molecule has 1 N–H and O–H groups in total. The largest absolute Gasteiger partial charge is 0.481 e. The zero-order chi connectivity index (χ0) is 28.2. The molecule has 0 saturated heterocycles. The molecule has 13 nitrogen and oxygen atoms in total. The summed E-state index contributed by atoms with van der Waals surface area (Å²) in [6.45, 7) is 3.30. The van der Waals surface area contributed by atoms with Crippen LogP contribution in [-0.4, -0.2) is 70.7 Å². The molecule has 0 bridgehead atoms. The van der Waals surface area contributed by atoms with Crippen molar-refractivity contribution in [2.24, 2.45) is 0 Å². The van der Waals surface area contributed by atoms with Crippen LogP contribution in [0.2, 0.25) is 0 Å². The van der Waals surface area contributed by atoms with Gasteiger partial charge in [0.25, 0.3) is 0 Å². The van der Waals surface area contributed by atoms with Crippen molar-refractivity contribution < 1.29 is 27.4 Å². The van der Waals surface area contributed by atoms with Gasteiger partial charge < -0.3 is 14.2 Å². The van der Waals surface area contributed by atoms with Crippen LogP contribution in [0.3, 0.4) is 0 Å². The minimum absolute atomic E-state index is 0.136. The molecule has 4 aromatic rings. The topological polar surface area (TPSA) is 160 Å². The number of nitrogens with one attached hydrogen (secondary N) is 1. The molecule has 0 fully saturated rings. The number of esters is 1. The molecule has 0 aliphatic rings. The van der Waals surface area contributed by atoms with Crippen molar-refractivity contribution in [3.05, 3.63) is 71.8 Å². The summed E-state index contributed by atoms with van der Waals surface area (Å²) in [5.74, 6) is 0.0361. The molecule has 2 atom stereocenters. The van der Waals surface area contributed by atoms with E-state index in [9.17, 15) is 13.2 Å². The third-order valence-corrected chi connectivity index (χ3v) is 7.50. The van der Waals surface area contributed by atoms with Crippen LogP contribution in [0.25, 0.3) is 17.2 Å². The Bertz CT molecular complexity index is 1570. The van der Waals surface area contributed by atoms with Gasteiger partial charge in [-0.15, -0.1) is 10.2 Å². The summed E-state index contributed by atoms with van der Waals surface area (Å²) in [6.07, 6.45) is 2.19. The quantitative estimate of drug-likeness (QED) is 0.288. The molecule has 14 heteroatoms. The van der Waals surface area contributed by atoms with Gasteiger partial charge in [0.2, 0.25) is 21.9 Å². The molecule has 0 aliphatic carbocycles. The second kappa shape index (κ2) is 11.5. The number of carbonyl (C=O) groups is 1. The lowest BCUT2D eigenvalue weighted by atomic mass is 10.2. The van der Waals surface area contributed by atoms with Crippen LogP contribution in [0.5, 0.6) is 5.88 Å². The number of pyridine rings is 1. The number of hydrogen-bond donors (Lipinski definition) is 1. The van der Waals surface area contributed by atoms with E-state index in [1.54, 1.807) is 48.8 Å². The van der Waals surface area contributed by atoms with Crippen molar-refractivity contribution in [3.8, 4) is 23.1 Å². The van der Waals surface area contributed by atoms with Crippen molar-refractivity contribution in [1.82, 2.24) is 29.7 Å². The number of aromatic nitrogens is 6. The van der Waals surface area contributed by atoms with Gasteiger partial charge in [-0.25, -0.2) is 28.2 Å². The van der Waals surface area contributed by atoms with Crippen molar-refractivity contribution in [2.45, 2.75) is 25.2 Å². The monoisotopic (exact) mass is 553 g/mol. The maximum absolute atomic E-state index is 13.6. The molecule has 4 rings (SSSR count). The maximum Gasteiger partial charge on any atom is 0.337 e. The smallest absolute Gasteiger partial charge is 0.337 e. The van der Waals surface area contributed by atoms with Crippen molar-refractivity contribution >= 4 is 21.9 Å². The van der Waals surface area contributed by atoms with Crippen LogP contribution in [0.15, 0.2) is 54.9 Å². The fourth-order valence-electron chi connectivity index (χ4n) is 3.74. The highest BCUT2D eigenvalue weighted by Gasteiger charge is 2.34. The SMILES string of the molecule is COC(=O)c1cccc(-n2c(NS(=O)(=O)C(C)C(OC)c3ncc(C)cn3)nnc2-c2cccc(OC)n2)c1. The third-order valence-electron chi connectivity index (χ3n) is 5.81. The van der Waals surface area contributed by atoms with E-state index in [0.29, 0.717) is 17.3 Å². The van der Waals surface area contributed by atoms with E-state index in [1.807, 2.05) is 6.92 Å². The van der Waals surface area contributed by atoms with Crippen molar-refractivity contribution in [1.29, 1.82) is 0 Å². The number of rotatable bonds is 10. The number of nitrogens with zero attached hydrogens (tertiary/aromatic N) is 6. The molecule has 0 amide bonds. The van der Waals surface area contributed by atoms with E-state index >= 15 is 0 Å². The van der Waals surface area contributed by atoms with Crippen LogP contribution < -0.4 is 9.46 Å². The molecule has 3 aromatic heterocycles. The predicted molar refractivity (Wildman–Crippen MR) is 141 cm³/mol. The Balaban J connectivity index is 1.80. The first kappa shape index (κ1) is 27.6. The van der Waals surface area contributed by atoms with E-state index in [0.717, 1.165) is 5.56 Å². The second-order valence-electron chi connectivity index (χ2n) is 8.42. The number of carbonyl (C=O) groups excluding carboxylic acids is 1. The average molecular weight is 554 g/mol. The maximum atomic E-state index is 13.6. The number of aryl methyl sites for hydroxylation is 1. The van der Waals surface area contributed by atoms with Gasteiger partial charge in [0.15, 0.2) is 11.6 Å². The minimum atomic E-state index is -4.14. The molecular formula is C25H27N7O6S. The number of sulfonamides is 1. The summed E-state index contributed by atoms with van der Waals surface area (Å²) in [4.78, 5) is 25.1. The van der Waals surface area contributed by atoms with Gasteiger partial charge in [0.05, 0.1) is 25.5 Å². The summed E-state index contributed by atoms with van der Waals surface area (Å²) in [7, 11) is -0.0171. The summed E-state index contributed by atoms with van der Waals surface area (Å²) in [5.41, 5.74) is 1.80. The van der Waals surface area contributed by atoms with Crippen LogP contribution in [0, 0.1) is 6.92 Å². The van der Waals surface area contributed by atoms with Crippen LogP contribution in [0.4, 0.5) is 5.95 Å². The third kappa shape index (κ3) is 5.86. The highest BCUT2D eigenvalue weighted by atomic mass is 32.2. The van der Waals surface area contributed by atoms with Crippen LogP contribution in [-0.2, 0) is 19.5 Å². The van der Waals surface area contributed by atoms with Gasteiger partial charge in [-0.2, -0.15) is 0 Å². The summed E-state index contributed by atoms with van der Waals surface area (Å²) in [5, 5.41) is 7.19. The highest BCUT2D eigenvalue weighted by molar-refractivity contribution is 7.93. The molecule has 0 spiro atoms. The molecule has 1 aromatic carbocycles. The van der Waals surface area contributed by atoms with Gasteiger partial charge in [0, 0.05) is 25.6 Å². The Kier molecular flexibility index (Phi) is 8.16. The molecule has 0 saturated carbocycles. The molecule has 204 valence electrons. The molecule has 39 heavy (non-hydrogen) atoms. The lowest BCUT2D eigenvalue weighted by Gasteiger charge is -2.22. The van der Waals surface area contributed by atoms with Gasteiger partial charge in [-0.1, -0.05) is 12.1 Å². The number of hydrogen-bond acceptors (Lipinski definition) is 11. The zero-order valence-electron chi connectivity index (χ0n) is 21.9. The molecule has 0 aliphatic heterocycles. The van der Waals surface area contributed by atoms with Gasteiger partial charge >= 0.3 is 5.97 Å². The Labute approximate surface area is 225 Å². The first-order valence-electron chi connectivity index (χ1n) is 11.7. The number of benzene rings is 1. The molecule has 2 unspecified atom stereocenters. The van der Waals surface area contributed by atoms with Gasteiger partial charge in [-0.05, 0) is 43.7 Å². The standard InChI is InChI=1S/C25H27N7O6S/c1-15-13-26-22(27-14-15)21(37-4)16(2)39(34,35)31-25-30-29-23(19-10-7-11-20(28-19)36-3)32(25)18-9-6-8-17(12-18)24(33)38-5/h6-14,16,21H,1-5H3,(H,30,31). The van der Waals surface area contributed by atoms with Gasteiger partial charge in [-0.3, -0.25) is 9.29 Å². The Morgan fingerprint density at radius 1 is 1.03 bits per heavy atom. The fourth-order valence-corrected chi connectivity index (χ4v) is 4.87. The number of anilines is 1. The summed E-state index contributed by atoms with van der Waals surface area (Å²) >= 11 is 0. The first-order valence-corrected chi connectivity index (χ1v) is 13.2. The van der Waals surface area contributed by atoms with Gasteiger partial charge in [0.1, 0.15) is 17.0 Å². The molecule has 3 heterocycles. The average Bonchev–Trinajstić information content (AvgIpc) is 3.36. The van der Waals surface area contributed by atoms with Crippen LogP contribution in [0.1, 0.15) is 34.8 Å². The first-order chi connectivity index (χ1) is 18.7. The minimum Gasteiger partial charge on any atom is -0.481 e. The Morgan fingerprint density at radius 3 is 2.41 bits per heavy atom. The van der Waals surface area contributed by atoms with E-state index < -0.39 is 27.3 Å². The fraction of sp³-hybridized carbons (Fsp3) is 0.280. The predicted octanol–water partition coefficient (Wildman–Crippen LogP) is 2.74. The Hall–Kier alpha value is -4.43. The molecular weight excluding hydrogens is 526 g/mol. The van der Waals surface area contributed by atoms with E-state index in [-0.39, 0.29) is 23.2 Å². The highest BCUT2D eigenvalue weighted by Crippen LogP contribution is 2.29. The summed E-state index contributed by atoms with van der Waals surface area (Å²) in [6, 6.07) is 11.4. The molecule has 0 radical (unpaired) electrons. The van der Waals surface area contributed by atoms with Crippen LogP contribution >= 0.6 is 0 Å². The number of ether oxygens (including phenoxy) is 3.